The van der Waals surface area contributed by atoms with Crippen molar-refractivity contribution in [3.05, 3.63) is 0 Å². The molecule has 1 aliphatic carbocycles. The van der Waals surface area contributed by atoms with Crippen molar-refractivity contribution in [2.45, 2.75) is 37.9 Å². The fourth-order valence-electron chi connectivity index (χ4n) is 3.08. The molecule has 2 rings (SSSR count). The van der Waals surface area contributed by atoms with E-state index in [1.54, 1.807) is 0 Å². The first kappa shape index (κ1) is 16.5. The topological polar surface area (TPSA) is 41.6 Å². The Hall–Kier alpha value is -0.820. The molecule has 7 heteroatoms. The molecule has 1 saturated carbocycles. The number of likely N-dealkylation sites (tertiary alicyclic amines) is 1. The molecule has 0 radical (unpaired) electrons. The molecule has 1 heterocycles. The maximum atomic E-state index is 12.3. The van der Waals surface area contributed by atoms with Crippen molar-refractivity contribution in [2.75, 3.05) is 33.3 Å². The van der Waals surface area contributed by atoms with Crippen LogP contribution in [0.2, 0.25) is 0 Å². The zero-order chi connectivity index (χ0) is 15.5. The number of rotatable bonds is 6. The lowest BCUT2D eigenvalue weighted by Gasteiger charge is -2.38. The highest BCUT2D eigenvalue weighted by atomic mass is 19.4. The second-order valence-electron chi connectivity index (χ2n) is 6.24. The number of nitrogens with zero attached hydrogens (tertiary/aromatic N) is 1. The molecule has 0 bridgehead atoms. The normalized spacial score (nSPS) is 27.6. The first-order chi connectivity index (χ1) is 9.85. The molecule has 0 aromatic heterocycles. The minimum Gasteiger partial charge on any atom is -0.468 e. The number of methoxy groups -OCH3 is 1. The third kappa shape index (κ3) is 6.22. The van der Waals surface area contributed by atoms with Gasteiger partial charge in [0.05, 0.1) is 20.2 Å². The molecule has 2 unspecified atom stereocenters. The summed E-state index contributed by atoms with van der Waals surface area (Å²) in [7, 11) is 1.33. The van der Waals surface area contributed by atoms with E-state index in [1.165, 1.54) is 20.0 Å². The summed E-state index contributed by atoms with van der Waals surface area (Å²) in [4.78, 5) is 13.3. The fourth-order valence-corrected chi connectivity index (χ4v) is 3.08. The number of nitrogens with one attached hydrogen (secondary N) is 1. The fraction of sp³-hybridized carbons (Fsp3) is 0.929. The predicted molar refractivity (Wildman–Crippen MR) is 71.7 cm³/mol. The minimum atomic E-state index is -4.20. The molecular formula is C14H23F3N2O2. The number of carbonyl (C=O) groups excluding carboxylic acids is 1. The summed E-state index contributed by atoms with van der Waals surface area (Å²) in [5, 5.41) is 2.59. The Balaban J connectivity index is 1.87. The third-order valence-electron chi connectivity index (χ3n) is 4.15. The summed E-state index contributed by atoms with van der Waals surface area (Å²) in [5.41, 5.74) is 0. The van der Waals surface area contributed by atoms with E-state index in [2.05, 4.69) is 10.1 Å². The number of ether oxygens (including phenoxy) is 1. The standard InChI is InChI=1S/C14H23F3N2O2/c1-21-13(20)8-19-6-11(4-10-2-3-10)5-12(7-19)18-9-14(15,16)17/h10-12,18H,2-9H2,1H3. The van der Waals surface area contributed by atoms with Gasteiger partial charge < -0.3 is 10.1 Å². The van der Waals surface area contributed by atoms with E-state index in [-0.39, 0.29) is 18.6 Å². The van der Waals surface area contributed by atoms with Crippen molar-refractivity contribution in [3.8, 4) is 0 Å². The van der Waals surface area contributed by atoms with E-state index in [1.807, 2.05) is 4.90 Å². The number of alkyl halides is 3. The van der Waals surface area contributed by atoms with Gasteiger partial charge in [-0.25, -0.2) is 0 Å². The van der Waals surface area contributed by atoms with E-state index in [0.717, 1.165) is 25.3 Å². The monoisotopic (exact) mass is 308 g/mol. The van der Waals surface area contributed by atoms with Gasteiger partial charge >= 0.3 is 12.1 Å². The number of piperidine rings is 1. The summed E-state index contributed by atoms with van der Waals surface area (Å²) in [6.45, 7) is 0.421. The molecule has 2 aliphatic rings. The van der Waals surface area contributed by atoms with Crippen molar-refractivity contribution in [1.29, 1.82) is 0 Å². The molecule has 4 nitrogen and oxygen atoms in total. The van der Waals surface area contributed by atoms with Crippen LogP contribution in [0.5, 0.6) is 0 Å². The highest BCUT2D eigenvalue weighted by Crippen LogP contribution is 2.37. The number of halogens is 3. The number of carbonyl (C=O) groups is 1. The molecule has 2 fully saturated rings. The van der Waals surface area contributed by atoms with Gasteiger partial charge in [-0.3, -0.25) is 9.69 Å². The van der Waals surface area contributed by atoms with Crippen LogP contribution >= 0.6 is 0 Å². The van der Waals surface area contributed by atoms with Crippen molar-refractivity contribution in [1.82, 2.24) is 10.2 Å². The molecule has 0 amide bonds. The number of hydrogen-bond donors (Lipinski definition) is 1. The maximum absolute atomic E-state index is 12.3. The quantitative estimate of drug-likeness (QED) is 0.760. The summed E-state index contributed by atoms with van der Waals surface area (Å²) in [6, 6.07) is -0.214. The number of hydrogen-bond acceptors (Lipinski definition) is 4. The van der Waals surface area contributed by atoms with E-state index < -0.39 is 12.7 Å². The van der Waals surface area contributed by atoms with E-state index >= 15 is 0 Å². The molecule has 2 atom stereocenters. The van der Waals surface area contributed by atoms with Crippen LogP contribution in [-0.2, 0) is 9.53 Å². The molecule has 122 valence electrons. The van der Waals surface area contributed by atoms with E-state index in [9.17, 15) is 18.0 Å². The van der Waals surface area contributed by atoms with Gasteiger partial charge in [0, 0.05) is 19.1 Å². The zero-order valence-electron chi connectivity index (χ0n) is 12.3. The number of esters is 1. The lowest BCUT2D eigenvalue weighted by atomic mass is 9.89. The van der Waals surface area contributed by atoms with Crippen LogP contribution in [0.15, 0.2) is 0 Å². The first-order valence-corrected chi connectivity index (χ1v) is 7.45. The summed E-state index contributed by atoms with van der Waals surface area (Å²) >= 11 is 0. The highest BCUT2D eigenvalue weighted by molar-refractivity contribution is 5.71. The smallest absolute Gasteiger partial charge is 0.401 e. The highest BCUT2D eigenvalue weighted by Gasteiger charge is 2.35. The maximum Gasteiger partial charge on any atom is 0.401 e. The SMILES string of the molecule is COC(=O)CN1CC(CC2CC2)CC(NCC(F)(F)F)C1. The molecular weight excluding hydrogens is 285 g/mol. The van der Waals surface area contributed by atoms with Crippen LogP contribution in [0.25, 0.3) is 0 Å². The largest absolute Gasteiger partial charge is 0.468 e. The minimum absolute atomic E-state index is 0.155. The van der Waals surface area contributed by atoms with E-state index in [0.29, 0.717) is 12.5 Å². The second kappa shape index (κ2) is 6.96. The van der Waals surface area contributed by atoms with Crippen LogP contribution in [0.1, 0.15) is 25.7 Å². The first-order valence-electron chi connectivity index (χ1n) is 7.45. The van der Waals surface area contributed by atoms with Gasteiger partial charge in [0.1, 0.15) is 0 Å². The Labute approximate surface area is 123 Å². The van der Waals surface area contributed by atoms with Gasteiger partial charge in [0.15, 0.2) is 0 Å². The van der Waals surface area contributed by atoms with E-state index in [4.69, 9.17) is 0 Å². The van der Waals surface area contributed by atoms with Gasteiger partial charge in [-0.1, -0.05) is 12.8 Å². The average Bonchev–Trinajstić information content (AvgIpc) is 3.19. The van der Waals surface area contributed by atoms with Crippen LogP contribution in [0.3, 0.4) is 0 Å². The third-order valence-corrected chi connectivity index (χ3v) is 4.15. The second-order valence-corrected chi connectivity index (χ2v) is 6.24. The van der Waals surface area contributed by atoms with Gasteiger partial charge in [-0.05, 0) is 24.7 Å². The Bertz CT molecular complexity index is 359. The Morgan fingerprint density at radius 3 is 2.57 bits per heavy atom. The van der Waals surface area contributed by atoms with Crippen molar-refractivity contribution in [2.24, 2.45) is 11.8 Å². The molecule has 0 aromatic carbocycles. The predicted octanol–water partition coefficient (Wildman–Crippen LogP) is 1.80. The lowest BCUT2D eigenvalue weighted by Crippen LogP contribution is -2.52. The van der Waals surface area contributed by atoms with Gasteiger partial charge in [-0.2, -0.15) is 13.2 Å². The summed E-state index contributed by atoms with van der Waals surface area (Å²) in [5.74, 6) is 0.759. The average molecular weight is 308 g/mol. The van der Waals surface area contributed by atoms with Gasteiger partial charge in [0.25, 0.3) is 0 Å². The lowest BCUT2D eigenvalue weighted by molar-refractivity contribution is -0.143. The van der Waals surface area contributed by atoms with Crippen LogP contribution in [0.4, 0.5) is 13.2 Å². The van der Waals surface area contributed by atoms with Crippen molar-refractivity contribution in [3.63, 3.8) is 0 Å². The summed E-state index contributed by atoms with van der Waals surface area (Å²) < 4.78 is 41.7. The summed E-state index contributed by atoms with van der Waals surface area (Å²) in [6.07, 6.45) is 0.0744. The molecule has 21 heavy (non-hydrogen) atoms. The Morgan fingerprint density at radius 2 is 2.00 bits per heavy atom. The molecule has 1 N–H and O–H groups in total. The Kier molecular flexibility index (Phi) is 5.48. The molecule has 1 aliphatic heterocycles. The molecule has 0 spiro atoms. The molecule has 1 saturated heterocycles. The van der Waals surface area contributed by atoms with Crippen LogP contribution in [-0.4, -0.2) is 56.4 Å². The molecule has 0 aromatic rings. The van der Waals surface area contributed by atoms with Crippen molar-refractivity contribution < 1.29 is 22.7 Å². The van der Waals surface area contributed by atoms with Crippen LogP contribution < -0.4 is 5.32 Å². The van der Waals surface area contributed by atoms with Crippen LogP contribution in [0, 0.1) is 11.8 Å². The van der Waals surface area contributed by atoms with Crippen molar-refractivity contribution >= 4 is 5.97 Å². The van der Waals surface area contributed by atoms with Gasteiger partial charge in [0.2, 0.25) is 0 Å². The van der Waals surface area contributed by atoms with Gasteiger partial charge in [-0.15, -0.1) is 0 Å². The zero-order valence-corrected chi connectivity index (χ0v) is 12.3. The Morgan fingerprint density at radius 1 is 1.29 bits per heavy atom.